The molecular weight excluding hydrogens is 284 g/mol. The number of benzene rings is 2. The van der Waals surface area contributed by atoms with E-state index in [-0.39, 0.29) is 10.8 Å². The number of halogens is 1. The highest BCUT2D eigenvalue weighted by Crippen LogP contribution is 2.30. The standard InChI is InChI=1S/C12H7ClN4OS/c13-8-6-7(4-5-11(8)18)14-15-9-2-1-3-10-12(9)17-19-16-10/h1-6,18H/b15-14+. The van der Waals surface area contributed by atoms with Crippen LogP contribution in [0.15, 0.2) is 46.6 Å². The minimum Gasteiger partial charge on any atom is -0.506 e. The van der Waals surface area contributed by atoms with Crippen molar-refractivity contribution < 1.29 is 5.11 Å². The van der Waals surface area contributed by atoms with Crippen molar-refractivity contribution in [2.75, 3.05) is 0 Å². The molecular formula is C12H7ClN4OS. The van der Waals surface area contributed by atoms with Crippen LogP contribution in [0.2, 0.25) is 5.02 Å². The molecule has 1 aromatic heterocycles. The Labute approximate surface area is 117 Å². The van der Waals surface area contributed by atoms with E-state index in [1.807, 2.05) is 18.2 Å². The van der Waals surface area contributed by atoms with Gasteiger partial charge in [-0.25, -0.2) is 0 Å². The molecule has 1 N–H and O–H groups in total. The van der Waals surface area contributed by atoms with Crippen LogP contribution in [0.1, 0.15) is 0 Å². The summed E-state index contributed by atoms with van der Waals surface area (Å²) in [5.41, 5.74) is 2.73. The van der Waals surface area contributed by atoms with Gasteiger partial charge in [-0.05, 0) is 30.3 Å². The molecule has 3 rings (SSSR count). The summed E-state index contributed by atoms with van der Waals surface area (Å²) in [6, 6.07) is 10.2. The number of hydrogen-bond acceptors (Lipinski definition) is 6. The molecule has 5 nitrogen and oxygen atoms in total. The number of nitrogens with zero attached hydrogens (tertiary/aromatic N) is 4. The number of azo groups is 1. The fourth-order valence-corrected chi connectivity index (χ4v) is 2.26. The predicted molar refractivity (Wildman–Crippen MR) is 74.7 cm³/mol. The van der Waals surface area contributed by atoms with Gasteiger partial charge in [-0.15, -0.1) is 5.11 Å². The van der Waals surface area contributed by atoms with Crippen molar-refractivity contribution in [3.63, 3.8) is 0 Å². The van der Waals surface area contributed by atoms with Crippen molar-refractivity contribution in [1.82, 2.24) is 8.75 Å². The monoisotopic (exact) mass is 290 g/mol. The average Bonchev–Trinajstić information content (AvgIpc) is 2.89. The molecule has 0 aliphatic rings. The molecule has 0 fully saturated rings. The van der Waals surface area contributed by atoms with E-state index in [0.717, 1.165) is 22.8 Å². The number of aromatic nitrogens is 2. The van der Waals surface area contributed by atoms with Gasteiger partial charge in [0.2, 0.25) is 0 Å². The van der Waals surface area contributed by atoms with Gasteiger partial charge in [-0.3, -0.25) is 0 Å². The molecule has 0 bridgehead atoms. The Morgan fingerprint density at radius 1 is 1.11 bits per heavy atom. The van der Waals surface area contributed by atoms with Gasteiger partial charge in [0.25, 0.3) is 0 Å². The SMILES string of the molecule is Oc1ccc(/N=N/c2cccc3nsnc23)cc1Cl. The molecule has 7 heteroatoms. The maximum atomic E-state index is 9.32. The summed E-state index contributed by atoms with van der Waals surface area (Å²) in [5.74, 6) is 0.0198. The molecule has 2 aromatic carbocycles. The maximum Gasteiger partial charge on any atom is 0.134 e. The minimum atomic E-state index is 0.0198. The van der Waals surface area contributed by atoms with Crippen LogP contribution in [-0.4, -0.2) is 13.9 Å². The molecule has 1 heterocycles. The van der Waals surface area contributed by atoms with E-state index in [1.165, 1.54) is 6.07 Å². The molecule has 0 atom stereocenters. The van der Waals surface area contributed by atoms with Crippen LogP contribution in [0.4, 0.5) is 11.4 Å². The number of aromatic hydroxyl groups is 1. The smallest absolute Gasteiger partial charge is 0.134 e. The summed E-state index contributed by atoms with van der Waals surface area (Å²) in [6.07, 6.45) is 0. The lowest BCUT2D eigenvalue weighted by Crippen LogP contribution is -1.71. The van der Waals surface area contributed by atoms with Gasteiger partial charge in [0.15, 0.2) is 0 Å². The van der Waals surface area contributed by atoms with Crippen LogP contribution in [0.25, 0.3) is 11.0 Å². The fourth-order valence-electron chi connectivity index (χ4n) is 1.54. The van der Waals surface area contributed by atoms with Gasteiger partial charge in [0.05, 0.1) is 22.4 Å². The Morgan fingerprint density at radius 2 is 2.00 bits per heavy atom. The highest BCUT2D eigenvalue weighted by molar-refractivity contribution is 7.00. The molecule has 3 aromatic rings. The second kappa shape index (κ2) is 4.91. The van der Waals surface area contributed by atoms with Gasteiger partial charge in [0.1, 0.15) is 22.5 Å². The number of hydrogen-bond donors (Lipinski definition) is 1. The highest BCUT2D eigenvalue weighted by Gasteiger charge is 2.04. The number of fused-ring (bicyclic) bond motifs is 1. The first-order chi connectivity index (χ1) is 9.24. The van der Waals surface area contributed by atoms with E-state index in [4.69, 9.17) is 11.6 Å². The third-order valence-corrected chi connectivity index (χ3v) is 3.31. The lowest BCUT2D eigenvalue weighted by atomic mass is 10.3. The van der Waals surface area contributed by atoms with E-state index < -0.39 is 0 Å². The van der Waals surface area contributed by atoms with Crippen molar-refractivity contribution in [3.8, 4) is 5.75 Å². The van der Waals surface area contributed by atoms with Gasteiger partial charge < -0.3 is 5.11 Å². The topological polar surface area (TPSA) is 70.7 Å². The molecule has 0 amide bonds. The normalized spacial score (nSPS) is 11.4. The van der Waals surface area contributed by atoms with E-state index >= 15 is 0 Å². The summed E-state index contributed by atoms with van der Waals surface area (Å²) < 4.78 is 8.31. The van der Waals surface area contributed by atoms with Crippen molar-refractivity contribution in [1.29, 1.82) is 0 Å². The Kier molecular flexibility index (Phi) is 3.10. The lowest BCUT2D eigenvalue weighted by Gasteiger charge is -1.97. The van der Waals surface area contributed by atoms with Crippen molar-refractivity contribution in [2.45, 2.75) is 0 Å². The third-order valence-electron chi connectivity index (χ3n) is 2.47. The van der Waals surface area contributed by atoms with Crippen LogP contribution in [0.5, 0.6) is 5.75 Å². The zero-order valence-corrected chi connectivity index (χ0v) is 11.1. The Balaban J connectivity index is 1.98. The summed E-state index contributed by atoms with van der Waals surface area (Å²) in [4.78, 5) is 0. The minimum absolute atomic E-state index is 0.0198. The van der Waals surface area contributed by atoms with Gasteiger partial charge in [-0.2, -0.15) is 13.9 Å². The van der Waals surface area contributed by atoms with Crippen LogP contribution >= 0.6 is 23.3 Å². The summed E-state index contributed by atoms with van der Waals surface area (Å²) in [5, 5.41) is 17.8. The Morgan fingerprint density at radius 3 is 2.84 bits per heavy atom. The highest BCUT2D eigenvalue weighted by atomic mass is 35.5. The maximum absolute atomic E-state index is 9.32. The Bertz CT molecular complexity index is 771. The van der Waals surface area contributed by atoms with Crippen LogP contribution in [0, 0.1) is 0 Å². The summed E-state index contributed by atoms with van der Waals surface area (Å²) in [7, 11) is 0. The van der Waals surface area contributed by atoms with Gasteiger partial charge in [0, 0.05) is 0 Å². The summed E-state index contributed by atoms with van der Waals surface area (Å²) in [6.45, 7) is 0. The summed E-state index contributed by atoms with van der Waals surface area (Å²) >= 11 is 6.94. The molecule has 0 saturated heterocycles. The van der Waals surface area contributed by atoms with Crippen LogP contribution in [0.3, 0.4) is 0 Å². The van der Waals surface area contributed by atoms with Crippen molar-refractivity contribution in [3.05, 3.63) is 41.4 Å². The van der Waals surface area contributed by atoms with Gasteiger partial charge >= 0.3 is 0 Å². The van der Waals surface area contributed by atoms with Crippen LogP contribution < -0.4 is 0 Å². The third kappa shape index (κ3) is 2.40. The van der Waals surface area contributed by atoms with E-state index in [1.54, 1.807) is 12.1 Å². The van der Waals surface area contributed by atoms with E-state index in [2.05, 4.69) is 19.0 Å². The predicted octanol–water partition coefficient (Wildman–Crippen LogP) is 4.47. The fraction of sp³-hybridized carbons (Fsp3) is 0. The molecule has 0 aliphatic heterocycles. The molecule has 0 radical (unpaired) electrons. The first kappa shape index (κ1) is 12.0. The molecule has 19 heavy (non-hydrogen) atoms. The van der Waals surface area contributed by atoms with Crippen molar-refractivity contribution in [2.24, 2.45) is 10.2 Å². The van der Waals surface area contributed by atoms with E-state index in [0.29, 0.717) is 11.4 Å². The molecule has 0 aliphatic carbocycles. The first-order valence-corrected chi connectivity index (χ1v) is 6.46. The Hall–Kier alpha value is -2.05. The van der Waals surface area contributed by atoms with Gasteiger partial charge in [-0.1, -0.05) is 17.7 Å². The number of phenols is 1. The van der Waals surface area contributed by atoms with E-state index in [9.17, 15) is 5.11 Å². The first-order valence-electron chi connectivity index (χ1n) is 5.35. The second-order valence-corrected chi connectivity index (χ2v) is 4.68. The zero-order valence-electron chi connectivity index (χ0n) is 9.49. The quantitative estimate of drug-likeness (QED) is 0.708. The average molecular weight is 291 g/mol. The number of phenolic OH excluding ortho intramolecular Hbond substituents is 1. The zero-order chi connectivity index (χ0) is 13.2. The second-order valence-electron chi connectivity index (χ2n) is 3.74. The lowest BCUT2D eigenvalue weighted by molar-refractivity contribution is 0.475. The molecule has 94 valence electrons. The van der Waals surface area contributed by atoms with Crippen LogP contribution in [-0.2, 0) is 0 Å². The molecule has 0 spiro atoms. The number of rotatable bonds is 2. The molecule has 0 saturated carbocycles. The largest absolute Gasteiger partial charge is 0.506 e. The molecule has 0 unspecified atom stereocenters. The van der Waals surface area contributed by atoms with Crippen molar-refractivity contribution >= 4 is 45.7 Å².